The smallest absolute Gasteiger partial charge is 0.191 e. The van der Waals surface area contributed by atoms with E-state index in [4.69, 9.17) is 16.3 Å². The fourth-order valence-electron chi connectivity index (χ4n) is 3.92. The largest absolute Gasteiger partial charge is 0.379 e. The van der Waals surface area contributed by atoms with Crippen LogP contribution in [0.15, 0.2) is 29.3 Å². The van der Waals surface area contributed by atoms with Crippen LogP contribution in [0.1, 0.15) is 37.3 Å². The number of halogens is 1. The van der Waals surface area contributed by atoms with Crippen LogP contribution in [0, 0.1) is 11.8 Å². The van der Waals surface area contributed by atoms with Gasteiger partial charge in [0.1, 0.15) is 0 Å². The molecule has 1 aliphatic carbocycles. The lowest BCUT2D eigenvalue weighted by Crippen LogP contribution is -2.45. The van der Waals surface area contributed by atoms with Gasteiger partial charge in [0.25, 0.3) is 0 Å². The van der Waals surface area contributed by atoms with Crippen LogP contribution in [0.5, 0.6) is 0 Å². The van der Waals surface area contributed by atoms with Crippen molar-refractivity contribution in [2.75, 3.05) is 46.9 Å². The highest BCUT2D eigenvalue weighted by Crippen LogP contribution is 2.35. The van der Waals surface area contributed by atoms with Crippen molar-refractivity contribution in [1.82, 2.24) is 15.5 Å². The van der Waals surface area contributed by atoms with Crippen LogP contribution in [0.3, 0.4) is 0 Å². The molecule has 0 radical (unpaired) electrons. The van der Waals surface area contributed by atoms with Crippen LogP contribution in [0.2, 0.25) is 5.02 Å². The number of piperidine rings is 1. The van der Waals surface area contributed by atoms with E-state index in [-0.39, 0.29) is 0 Å². The Balaban J connectivity index is 1.48. The monoisotopic (exact) mass is 392 g/mol. The number of hydrogen-bond acceptors (Lipinski definition) is 3. The number of likely N-dealkylation sites (tertiary alicyclic amines) is 1. The number of guanidine groups is 1. The second-order valence-corrected chi connectivity index (χ2v) is 8.22. The van der Waals surface area contributed by atoms with E-state index < -0.39 is 0 Å². The third-order valence-electron chi connectivity index (χ3n) is 5.54. The summed E-state index contributed by atoms with van der Waals surface area (Å²) in [4.78, 5) is 6.80. The number of rotatable bonds is 8. The Bertz CT molecular complexity index is 620. The van der Waals surface area contributed by atoms with E-state index in [2.05, 4.69) is 39.7 Å². The van der Waals surface area contributed by atoms with Gasteiger partial charge in [0.2, 0.25) is 0 Å². The predicted molar refractivity (Wildman–Crippen MR) is 112 cm³/mol. The van der Waals surface area contributed by atoms with E-state index in [0.717, 1.165) is 49.7 Å². The SMILES string of the molecule is CN=C(NCCOCC1CC1)NCC1CCCN(C)C1c1cccc(Cl)c1. The first-order valence-corrected chi connectivity index (χ1v) is 10.5. The standard InChI is InChI=1S/C21H33ClN4O/c1-23-21(24-10-12-27-15-16-8-9-16)25-14-18-6-4-11-26(2)20(18)17-5-3-7-19(22)13-17/h3,5,7,13,16,18,20H,4,6,8-12,14-15H2,1-2H3,(H2,23,24,25). The summed E-state index contributed by atoms with van der Waals surface area (Å²) >= 11 is 6.24. The molecule has 5 nitrogen and oxygen atoms in total. The summed E-state index contributed by atoms with van der Waals surface area (Å²) in [5.41, 5.74) is 1.30. The Morgan fingerprint density at radius 2 is 2.15 bits per heavy atom. The summed E-state index contributed by atoms with van der Waals surface area (Å²) in [5.74, 6) is 2.18. The molecular formula is C21H33ClN4O. The molecule has 1 aromatic carbocycles. The molecular weight excluding hydrogens is 360 g/mol. The topological polar surface area (TPSA) is 48.9 Å². The van der Waals surface area contributed by atoms with Crippen molar-refractivity contribution in [1.29, 1.82) is 0 Å². The lowest BCUT2D eigenvalue weighted by Gasteiger charge is -2.40. The maximum Gasteiger partial charge on any atom is 0.191 e. The van der Waals surface area contributed by atoms with Crippen molar-refractivity contribution in [3.8, 4) is 0 Å². The van der Waals surface area contributed by atoms with Crippen molar-refractivity contribution in [2.24, 2.45) is 16.8 Å². The quantitative estimate of drug-likeness (QED) is 0.405. The van der Waals surface area contributed by atoms with Crippen molar-refractivity contribution >= 4 is 17.6 Å². The zero-order chi connectivity index (χ0) is 19.1. The van der Waals surface area contributed by atoms with Gasteiger partial charge in [-0.1, -0.05) is 23.7 Å². The van der Waals surface area contributed by atoms with Gasteiger partial charge < -0.3 is 15.4 Å². The van der Waals surface area contributed by atoms with E-state index in [9.17, 15) is 0 Å². The number of ether oxygens (including phenoxy) is 1. The minimum Gasteiger partial charge on any atom is -0.379 e. The Labute approximate surface area is 168 Å². The highest BCUT2D eigenvalue weighted by molar-refractivity contribution is 6.30. The van der Waals surface area contributed by atoms with Crippen LogP contribution in [0.25, 0.3) is 0 Å². The average molecular weight is 393 g/mol. The molecule has 2 fully saturated rings. The van der Waals surface area contributed by atoms with Crippen molar-refractivity contribution in [3.63, 3.8) is 0 Å². The molecule has 0 spiro atoms. The van der Waals surface area contributed by atoms with E-state index in [1.807, 2.05) is 19.2 Å². The van der Waals surface area contributed by atoms with Crippen molar-refractivity contribution in [2.45, 2.75) is 31.7 Å². The predicted octanol–water partition coefficient (Wildman–Crippen LogP) is 3.31. The van der Waals surface area contributed by atoms with E-state index in [1.165, 1.54) is 31.2 Å². The summed E-state index contributed by atoms with van der Waals surface area (Å²) in [7, 11) is 4.03. The minimum atomic E-state index is 0.380. The molecule has 1 aromatic rings. The molecule has 3 rings (SSSR count). The number of nitrogens with one attached hydrogen (secondary N) is 2. The molecule has 6 heteroatoms. The molecule has 0 bridgehead atoms. The Hall–Kier alpha value is -1.30. The summed E-state index contributed by atoms with van der Waals surface area (Å²) in [6.07, 6.45) is 5.09. The fourth-order valence-corrected chi connectivity index (χ4v) is 4.11. The second kappa shape index (κ2) is 10.3. The molecule has 1 saturated carbocycles. The van der Waals surface area contributed by atoms with Crippen molar-refractivity contribution < 1.29 is 4.74 Å². The zero-order valence-electron chi connectivity index (χ0n) is 16.6. The molecule has 0 aromatic heterocycles. The zero-order valence-corrected chi connectivity index (χ0v) is 17.3. The van der Waals surface area contributed by atoms with Gasteiger partial charge >= 0.3 is 0 Å². The maximum atomic E-state index is 6.24. The van der Waals surface area contributed by atoms with Gasteiger partial charge in [-0.15, -0.1) is 0 Å². The summed E-state index contributed by atoms with van der Waals surface area (Å²) in [6.45, 7) is 4.44. The molecule has 27 heavy (non-hydrogen) atoms. The third-order valence-corrected chi connectivity index (χ3v) is 5.78. The molecule has 2 atom stereocenters. The normalized spacial score (nSPS) is 24.0. The lowest BCUT2D eigenvalue weighted by molar-refractivity contribution is 0.122. The van der Waals surface area contributed by atoms with E-state index in [1.54, 1.807) is 0 Å². The molecule has 2 aliphatic rings. The number of nitrogens with zero attached hydrogens (tertiary/aromatic N) is 2. The average Bonchev–Trinajstić information content (AvgIpc) is 3.48. The Kier molecular flexibility index (Phi) is 7.80. The van der Waals surface area contributed by atoms with Crippen LogP contribution >= 0.6 is 11.6 Å². The Morgan fingerprint density at radius 3 is 2.89 bits per heavy atom. The molecule has 1 heterocycles. The summed E-state index contributed by atoms with van der Waals surface area (Å²) in [6, 6.07) is 8.66. The van der Waals surface area contributed by atoms with Gasteiger partial charge in [-0.25, -0.2) is 0 Å². The maximum absolute atomic E-state index is 6.24. The van der Waals surface area contributed by atoms with Gasteiger partial charge in [0.05, 0.1) is 6.61 Å². The van der Waals surface area contributed by atoms with Gasteiger partial charge in [0.15, 0.2) is 5.96 Å². The van der Waals surface area contributed by atoms with Crippen LogP contribution < -0.4 is 10.6 Å². The van der Waals surface area contributed by atoms with Gasteiger partial charge in [-0.05, 0) is 68.8 Å². The van der Waals surface area contributed by atoms with Crippen molar-refractivity contribution in [3.05, 3.63) is 34.9 Å². The fraction of sp³-hybridized carbons (Fsp3) is 0.667. The number of hydrogen-bond donors (Lipinski definition) is 2. The Morgan fingerprint density at radius 1 is 1.30 bits per heavy atom. The summed E-state index contributed by atoms with van der Waals surface area (Å²) < 4.78 is 5.68. The van der Waals surface area contributed by atoms with Crippen LogP contribution in [0.4, 0.5) is 0 Å². The molecule has 1 aliphatic heterocycles. The highest BCUT2D eigenvalue weighted by Gasteiger charge is 2.30. The van der Waals surface area contributed by atoms with E-state index >= 15 is 0 Å². The number of benzene rings is 1. The third kappa shape index (κ3) is 6.37. The van der Waals surface area contributed by atoms with E-state index in [0.29, 0.717) is 12.0 Å². The first-order valence-electron chi connectivity index (χ1n) is 10.2. The van der Waals surface area contributed by atoms with Crippen LogP contribution in [-0.2, 0) is 4.74 Å². The molecule has 1 saturated heterocycles. The summed E-state index contributed by atoms with van der Waals surface area (Å²) in [5, 5.41) is 7.67. The molecule has 2 N–H and O–H groups in total. The first kappa shape index (κ1) is 20.4. The highest BCUT2D eigenvalue weighted by atomic mass is 35.5. The number of aliphatic imine (C=N–C) groups is 1. The first-order chi connectivity index (χ1) is 13.2. The minimum absolute atomic E-state index is 0.380. The second-order valence-electron chi connectivity index (χ2n) is 7.78. The molecule has 0 amide bonds. The molecule has 2 unspecified atom stereocenters. The van der Waals surface area contributed by atoms with Crippen LogP contribution in [-0.4, -0.2) is 57.8 Å². The lowest BCUT2D eigenvalue weighted by atomic mass is 9.85. The molecule has 150 valence electrons. The van der Waals surface area contributed by atoms with Gasteiger partial charge in [-0.3, -0.25) is 9.89 Å². The van der Waals surface area contributed by atoms with Gasteiger partial charge in [0, 0.05) is 37.8 Å². The van der Waals surface area contributed by atoms with Gasteiger partial charge in [-0.2, -0.15) is 0 Å².